The molecule has 3 rings (SSSR count). The van der Waals surface area contributed by atoms with Gasteiger partial charge < -0.3 is 5.32 Å². The first kappa shape index (κ1) is 7.10. The first-order valence-electron chi connectivity index (χ1n) is 4.59. The third-order valence-corrected chi connectivity index (χ3v) is 4.51. The van der Waals surface area contributed by atoms with Crippen molar-refractivity contribution in [2.45, 2.75) is 18.8 Å². The Morgan fingerprint density at radius 1 is 1.58 bits per heavy atom. The van der Waals surface area contributed by atoms with Crippen LogP contribution in [0, 0.1) is 12.8 Å². The van der Waals surface area contributed by atoms with Gasteiger partial charge in [-0.15, -0.1) is 11.3 Å². The average Bonchev–Trinajstić information content (AvgIpc) is 2.50. The molecule has 2 aliphatic rings. The molecule has 1 aliphatic heterocycles. The summed E-state index contributed by atoms with van der Waals surface area (Å²) >= 11 is 1.99. The summed E-state index contributed by atoms with van der Waals surface area (Å²) in [7, 11) is 0. The Morgan fingerprint density at radius 2 is 2.50 bits per heavy atom. The standard InChI is InChI=1S/C10H13NS/c1-7-2-3-9(12-7)10-4-8(10)5-11-6-10/h2-3,8,11H,4-6H2,1H3/t8-,10-/m0/s1. The molecule has 64 valence electrons. The summed E-state index contributed by atoms with van der Waals surface area (Å²) in [4.78, 5) is 3.08. The highest BCUT2D eigenvalue weighted by Crippen LogP contribution is 2.57. The monoisotopic (exact) mass is 179 g/mol. The Morgan fingerprint density at radius 3 is 3.00 bits per heavy atom. The van der Waals surface area contributed by atoms with Crippen molar-refractivity contribution < 1.29 is 0 Å². The topological polar surface area (TPSA) is 12.0 Å². The molecule has 12 heavy (non-hydrogen) atoms. The molecular formula is C10H13NS. The van der Waals surface area contributed by atoms with Gasteiger partial charge in [-0.25, -0.2) is 0 Å². The van der Waals surface area contributed by atoms with Gasteiger partial charge in [0, 0.05) is 21.7 Å². The number of thiophene rings is 1. The van der Waals surface area contributed by atoms with Crippen molar-refractivity contribution in [2.75, 3.05) is 13.1 Å². The van der Waals surface area contributed by atoms with Gasteiger partial charge in [-0.1, -0.05) is 0 Å². The van der Waals surface area contributed by atoms with E-state index in [1.165, 1.54) is 24.4 Å². The number of fused-ring (bicyclic) bond motifs is 1. The van der Waals surface area contributed by atoms with E-state index in [4.69, 9.17) is 0 Å². The second-order valence-corrected chi connectivity index (χ2v) is 5.39. The van der Waals surface area contributed by atoms with Crippen LogP contribution in [-0.2, 0) is 5.41 Å². The van der Waals surface area contributed by atoms with Gasteiger partial charge in [-0.05, 0) is 37.9 Å². The van der Waals surface area contributed by atoms with E-state index >= 15 is 0 Å². The molecule has 1 aliphatic carbocycles. The minimum Gasteiger partial charge on any atom is -0.315 e. The van der Waals surface area contributed by atoms with Crippen LogP contribution >= 0.6 is 11.3 Å². The van der Waals surface area contributed by atoms with Crippen molar-refractivity contribution in [1.82, 2.24) is 5.32 Å². The van der Waals surface area contributed by atoms with Crippen LogP contribution in [-0.4, -0.2) is 13.1 Å². The van der Waals surface area contributed by atoms with Gasteiger partial charge in [-0.3, -0.25) is 0 Å². The zero-order valence-corrected chi connectivity index (χ0v) is 8.08. The Labute approximate surface area is 76.8 Å². The fraction of sp³-hybridized carbons (Fsp3) is 0.600. The molecule has 0 unspecified atom stereocenters. The van der Waals surface area contributed by atoms with Crippen molar-refractivity contribution >= 4 is 11.3 Å². The molecule has 1 saturated heterocycles. The lowest BCUT2D eigenvalue weighted by atomic mass is 10.0. The summed E-state index contributed by atoms with van der Waals surface area (Å²) < 4.78 is 0. The Bertz CT molecular complexity index is 317. The Hall–Kier alpha value is -0.340. The maximum atomic E-state index is 3.48. The van der Waals surface area contributed by atoms with Crippen LogP contribution in [0.2, 0.25) is 0 Å². The molecule has 0 spiro atoms. The summed E-state index contributed by atoms with van der Waals surface area (Å²) in [5, 5.41) is 3.48. The van der Waals surface area contributed by atoms with E-state index in [2.05, 4.69) is 24.4 Å². The van der Waals surface area contributed by atoms with Gasteiger partial charge in [0.2, 0.25) is 0 Å². The minimum atomic E-state index is 0.582. The highest BCUT2D eigenvalue weighted by Gasteiger charge is 2.58. The fourth-order valence-corrected chi connectivity index (χ4v) is 3.57. The van der Waals surface area contributed by atoms with Crippen molar-refractivity contribution in [3.8, 4) is 0 Å². The summed E-state index contributed by atoms with van der Waals surface area (Å²) in [5.74, 6) is 0.954. The number of hydrogen-bond acceptors (Lipinski definition) is 2. The highest BCUT2D eigenvalue weighted by atomic mass is 32.1. The molecule has 1 aromatic heterocycles. The first-order chi connectivity index (χ1) is 5.81. The molecule has 2 atom stereocenters. The largest absolute Gasteiger partial charge is 0.315 e. The fourth-order valence-electron chi connectivity index (χ4n) is 2.43. The lowest BCUT2D eigenvalue weighted by Crippen LogP contribution is -2.18. The van der Waals surface area contributed by atoms with Crippen LogP contribution in [0.4, 0.5) is 0 Å². The quantitative estimate of drug-likeness (QED) is 0.694. The number of rotatable bonds is 1. The molecule has 0 amide bonds. The van der Waals surface area contributed by atoms with Crippen LogP contribution in [0.15, 0.2) is 12.1 Å². The van der Waals surface area contributed by atoms with Crippen molar-refractivity contribution in [1.29, 1.82) is 0 Å². The van der Waals surface area contributed by atoms with E-state index in [9.17, 15) is 0 Å². The zero-order valence-electron chi connectivity index (χ0n) is 7.26. The van der Waals surface area contributed by atoms with Crippen LogP contribution in [0.5, 0.6) is 0 Å². The molecule has 2 heterocycles. The van der Waals surface area contributed by atoms with Crippen molar-refractivity contribution in [2.24, 2.45) is 5.92 Å². The second kappa shape index (κ2) is 2.12. The summed E-state index contributed by atoms with van der Waals surface area (Å²) in [5.41, 5.74) is 0.582. The Kier molecular flexibility index (Phi) is 1.25. The van der Waals surface area contributed by atoms with Crippen LogP contribution in [0.1, 0.15) is 16.2 Å². The van der Waals surface area contributed by atoms with E-state index < -0.39 is 0 Å². The summed E-state index contributed by atoms with van der Waals surface area (Å²) in [6.07, 6.45) is 1.43. The molecule has 2 fully saturated rings. The van der Waals surface area contributed by atoms with Crippen LogP contribution < -0.4 is 5.32 Å². The second-order valence-electron chi connectivity index (χ2n) is 4.10. The van der Waals surface area contributed by atoms with E-state index in [-0.39, 0.29) is 0 Å². The molecule has 1 aromatic rings. The molecule has 2 heteroatoms. The smallest absolute Gasteiger partial charge is 0.0216 e. The molecule has 0 radical (unpaired) electrons. The number of hydrogen-bond donors (Lipinski definition) is 1. The molecule has 0 bridgehead atoms. The van der Waals surface area contributed by atoms with Gasteiger partial charge in [0.1, 0.15) is 0 Å². The zero-order chi connectivity index (χ0) is 8.18. The predicted octanol–water partition coefficient (Wildman–Crippen LogP) is 1.92. The van der Waals surface area contributed by atoms with Crippen molar-refractivity contribution in [3.63, 3.8) is 0 Å². The first-order valence-corrected chi connectivity index (χ1v) is 5.40. The maximum Gasteiger partial charge on any atom is 0.0216 e. The third kappa shape index (κ3) is 0.771. The van der Waals surface area contributed by atoms with Gasteiger partial charge in [-0.2, -0.15) is 0 Å². The molecule has 0 aromatic carbocycles. The molecule has 1 nitrogen and oxygen atoms in total. The number of nitrogens with one attached hydrogen (secondary N) is 1. The Balaban J connectivity index is 1.99. The van der Waals surface area contributed by atoms with Crippen LogP contribution in [0.3, 0.4) is 0 Å². The average molecular weight is 179 g/mol. The minimum absolute atomic E-state index is 0.582. The molecule has 1 N–H and O–H groups in total. The van der Waals surface area contributed by atoms with E-state index in [1.807, 2.05) is 11.3 Å². The maximum absolute atomic E-state index is 3.48. The molecular weight excluding hydrogens is 166 g/mol. The predicted molar refractivity (Wildman–Crippen MR) is 51.7 cm³/mol. The summed E-state index contributed by atoms with van der Waals surface area (Å²) in [6, 6.07) is 4.58. The van der Waals surface area contributed by atoms with Gasteiger partial charge in [0.25, 0.3) is 0 Å². The third-order valence-electron chi connectivity index (χ3n) is 3.29. The van der Waals surface area contributed by atoms with Gasteiger partial charge in [0.05, 0.1) is 0 Å². The number of aryl methyl sites for hydroxylation is 1. The van der Waals surface area contributed by atoms with E-state index in [0.717, 1.165) is 5.92 Å². The van der Waals surface area contributed by atoms with Crippen LogP contribution in [0.25, 0.3) is 0 Å². The normalized spacial score (nSPS) is 38.2. The van der Waals surface area contributed by atoms with Gasteiger partial charge >= 0.3 is 0 Å². The SMILES string of the molecule is Cc1ccc([C@@]23CNC[C@@H]2C3)s1. The summed E-state index contributed by atoms with van der Waals surface area (Å²) in [6.45, 7) is 4.67. The highest BCUT2D eigenvalue weighted by molar-refractivity contribution is 7.12. The van der Waals surface area contributed by atoms with Crippen molar-refractivity contribution in [3.05, 3.63) is 21.9 Å². The molecule has 1 saturated carbocycles. The van der Waals surface area contributed by atoms with Gasteiger partial charge in [0.15, 0.2) is 0 Å². The van der Waals surface area contributed by atoms with E-state index in [1.54, 1.807) is 4.88 Å². The van der Waals surface area contributed by atoms with E-state index in [0.29, 0.717) is 5.41 Å². The lowest BCUT2D eigenvalue weighted by molar-refractivity contribution is 0.685. The lowest BCUT2D eigenvalue weighted by Gasteiger charge is -2.07. The number of piperidine rings is 1.